The van der Waals surface area contributed by atoms with Crippen molar-refractivity contribution in [2.75, 3.05) is 20.7 Å². The molecule has 0 aromatic carbocycles. The molecule has 3 heteroatoms. The van der Waals surface area contributed by atoms with E-state index in [1.807, 2.05) is 6.92 Å². The van der Waals surface area contributed by atoms with Crippen LogP contribution in [0.25, 0.3) is 0 Å². The van der Waals surface area contributed by atoms with Crippen LogP contribution in [-0.2, 0) is 9.53 Å². The minimum Gasteiger partial charge on any atom is -0.466 e. The molecular weight excluding hydrogens is 442 g/mol. The van der Waals surface area contributed by atoms with Crippen LogP contribution >= 0.6 is 0 Å². The molecular formula is C33H65NO2. The lowest BCUT2D eigenvalue weighted by molar-refractivity contribution is -0.143. The van der Waals surface area contributed by atoms with E-state index in [0.717, 1.165) is 24.3 Å². The molecule has 0 saturated heterocycles. The minimum absolute atomic E-state index is 0.0200. The Balaban J connectivity index is 1.86. The van der Waals surface area contributed by atoms with Crippen molar-refractivity contribution in [1.29, 1.82) is 0 Å². The number of ether oxygens (including phenoxy) is 1. The lowest BCUT2D eigenvalue weighted by Crippen LogP contribution is -2.27. The molecule has 3 atom stereocenters. The van der Waals surface area contributed by atoms with E-state index in [9.17, 15) is 4.79 Å². The molecule has 3 nitrogen and oxygen atoms in total. The summed E-state index contributed by atoms with van der Waals surface area (Å²) < 4.78 is 5.00. The van der Waals surface area contributed by atoms with E-state index in [2.05, 4.69) is 25.9 Å². The molecule has 0 N–H and O–H groups in total. The predicted octanol–water partition coefficient (Wildman–Crippen LogP) is 10.1. The molecule has 214 valence electrons. The molecule has 1 aliphatic rings. The number of hydrogen-bond donors (Lipinski definition) is 0. The molecule has 0 aliphatic heterocycles. The van der Waals surface area contributed by atoms with Gasteiger partial charge in [-0.05, 0) is 58.5 Å². The first-order valence-electron chi connectivity index (χ1n) is 16.4. The van der Waals surface area contributed by atoms with Crippen molar-refractivity contribution in [1.82, 2.24) is 4.90 Å². The molecule has 0 spiro atoms. The van der Waals surface area contributed by atoms with Crippen molar-refractivity contribution in [3.63, 3.8) is 0 Å². The van der Waals surface area contributed by atoms with E-state index in [1.165, 1.54) is 141 Å². The molecule has 1 rings (SSSR count). The zero-order valence-electron chi connectivity index (χ0n) is 25.2. The van der Waals surface area contributed by atoms with Gasteiger partial charge in [-0.2, -0.15) is 0 Å². The highest BCUT2D eigenvalue weighted by atomic mass is 16.5. The van der Waals surface area contributed by atoms with E-state index in [-0.39, 0.29) is 5.97 Å². The summed E-state index contributed by atoms with van der Waals surface area (Å²) in [5, 5.41) is 0. The number of unbranched alkanes of at least 4 members (excludes halogenated alkanes) is 15. The summed E-state index contributed by atoms with van der Waals surface area (Å²) in [6, 6.07) is 0.798. The van der Waals surface area contributed by atoms with E-state index in [4.69, 9.17) is 4.74 Å². The Hall–Kier alpha value is -0.570. The summed E-state index contributed by atoms with van der Waals surface area (Å²) in [4.78, 5) is 13.8. The molecule has 1 saturated carbocycles. The molecule has 1 aliphatic carbocycles. The highest BCUT2D eigenvalue weighted by Crippen LogP contribution is 2.45. The molecule has 0 radical (unpaired) electrons. The van der Waals surface area contributed by atoms with Crippen LogP contribution in [0.4, 0.5) is 0 Å². The van der Waals surface area contributed by atoms with Crippen molar-refractivity contribution in [2.24, 2.45) is 11.8 Å². The van der Waals surface area contributed by atoms with E-state index in [1.54, 1.807) is 0 Å². The summed E-state index contributed by atoms with van der Waals surface area (Å²) in [5.41, 5.74) is 0. The van der Waals surface area contributed by atoms with E-state index >= 15 is 0 Å². The molecule has 0 aromatic rings. The maximum Gasteiger partial charge on any atom is 0.305 e. The first-order valence-corrected chi connectivity index (χ1v) is 16.4. The van der Waals surface area contributed by atoms with Crippen molar-refractivity contribution in [3.05, 3.63) is 0 Å². The van der Waals surface area contributed by atoms with Gasteiger partial charge in [0.15, 0.2) is 0 Å². The number of nitrogens with zero attached hydrogens (tertiary/aromatic N) is 1. The van der Waals surface area contributed by atoms with Crippen molar-refractivity contribution >= 4 is 5.97 Å². The third-order valence-corrected chi connectivity index (χ3v) is 8.56. The first-order chi connectivity index (χ1) is 17.6. The second kappa shape index (κ2) is 23.5. The van der Waals surface area contributed by atoms with Crippen LogP contribution in [0.2, 0.25) is 0 Å². The molecule has 0 amide bonds. The van der Waals surface area contributed by atoms with Crippen molar-refractivity contribution in [3.8, 4) is 0 Å². The SMILES string of the molecule is CCCCCCCCCCCC(CCCCCCCCC1CC1CCCCCC(=O)OCC)N(C)C. The van der Waals surface area contributed by atoms with Crippen LogP contribution < -0.4 is 0 Å². The average Bonchev–Trinajstić information content (AvgIpc) is 3.61. The number of esters is 1. The van der Waals surface area contributed by atoms with Gasteiger partial charge in [-0.15, -0.1) is 0 Å². The summed E-state index contributed by atoms with van der Waals surface area (Å²) in [5.74, 6) is 2.01. The number of carbonyl (C=O) groups is 1. The molecule has 3 unspecified atom stereocenters. The third kappa shape index (κ3) is 19.5. The van der Waals surface area contributed by atoms with Crippen LogP contribution in [0.3, 0.4) is 0 Å². The van der Waals surface area contributed by atoms with Gasteiger partial charge in [0.25, 0.3) is 0 Å². The highest BCUT2D eigenvalue weighted by molar-refractivity contribution is 5.69. The van der Waals surface area contributed by atoms with Crippen molar-refractivity contribution < 1.29 is 9.53 Å². The fourth-order valence-electron chi connectivity index (χ4n) is 5.95. The lowest BCUT2D eigenvalue weighted by Gasteiger charge is -2.24. The Bertz CT molecular complexity index is 492. The van der Waals surface area contributed by atoms with Gasteiger partial charge in [-0.1, -0.05) is 129 Å². The largest absolute Gasteiger partial charge is 0.466 e. The monoisotopic (exact) mass is 508 g/mol. The average molecular weight is 508 g/mol. The Labute approximate surface area is 226 Å². The van der Waals surface area contributed by atoms with Crippen molar-refractivity contribution in [2.45, 2.75) is 174 Å². The maximum absolute atomic E-state index is 11.4. The number of carbonyl (C=O) groups excluding carboxylic acids is 1. The van der Waals surface area contributed by atoms with Gasteiger partial charge >= 0.3 is 5.97 Å². The molecule has 0 bridgehead atoms. The Morgan fingerprint density at radius 1 is 0.667 bits per heavy atom. The van der Waals surface area contributed by atoms with Gasteiger partial charge in [-0.3, -0.25) is 4.79 Å². The summed E-state index contributed by atoms with van der Waals surface area (Å²) in [6.45, 7) is 4.69. The zero-order valence-corrected chi connectivity index (χ0v) is 25.2. The molecule has 0 heterocycles. The minimum atomic E-state index is -0.0200. The van der Waals surface area contributed by atoms with Crippen LogP contribution in [0, 0.1) is 11.8 Å². The summed E-state index contributed by atoms with van der Waals surface area (Å²) in [6.07, 6.45) is 32.8. The van der Waals surface area contributed by atoms with Crippen LogP contribution in [0.5, 0.6) is 0 Å². The smallest absolute Gasteiger partial charge is 0.305 e. The lowest BCUT2D eigenvalue weighted by atomic mass is 9.99. The van der Waals surface area contributed by atoms with Gasteiger partial charge in [0, 0.05) is 12.5 Å². The standard InChI is InChI=1S/C33H65NO2/c1-5-7-8-9-10-11-12-16-21-26-32(34(3)4)27-22-17-14-13-15-19-24-30-29-31(30)25-20-18-23-28-33(35)36-6-2/h30-32H,5-29H2,1-4H3. The predicted molar refractivity (Wildman–Crippen MR) is 158 cm³/mol. The van der Waals surface area contributed by atoms with Crippen LogP contribution in [0.15, 0.2) is 0 Å². The Morgan fingerprint density at radius 2 is 1.11 bits per heavy atom. The normalized spacial score (nSPS) is 18.0. The number of rotatable bonds is 27. The Morgan fingerprint density at radius 3 is 1.58 bits per heavy atom. The van der Waals surface area contributed by atoms with Gasteiger partial charge in [-0.25, -0.2) is 0 Å². The summed E-state index contributed by atoms with van der Waals surface area (Å²) in [7, 11) is 4.57. The van der Waals surface area contributed by atoms with Gasteiger partial charge in [0.2, 0.25) is 0 Å². The second-order valence-electron chi connectivity index (χ2n) is 12.1. The second-order valence-corrected chi connectivity index (χ2v) is 12.1. The third-order valence-electron chi connectivity index (χ3n) is 8.56. The van der Waals surface area contributed by atoms with Gasteiger partial charge in [0.05, 0.1) is 6.61 Å². The molecule has 36 heavy (non-hydrogen) atoms. The Kier molecular flexibility index (Phi) is 21.9. The fourth-order valence-corrected chi connectivity index (χ4v) is 5.95. The summed E-state index contributed by atoms with van der Waals surface area (Å²) >= 11 is 0. The van der Waals surface area contributed by atoms with E-state index < -0.39 is 0 Å². The first kappa shape index (κ1) is 33.5. The molecule has 0 aromatic heterocycles. The van der Waals surface area contributed by atoms with Gasteiger partial charge < -0.3 is 9.64 Å². The topological polar surface area (TPSA) is 29.5 Å². The van der Waals surface area contributed by atoms with E-state index in [0.29, 0.717) is 13.0 Å². The quantitative estimate of drug-likeness (QED) is 0.0818. The highest BCUT2D eigenvalue weighted by Gasteiger charge is 2.35. The van der Waals surface area contributed by atoms with Gasteiger partial charge in [0.1, 0.15) is 0 Å². The van der Waals surface area contributed by atoms with Crippen LogP contribution in [0.1, 0.15) is 168 Å². The van der Waals surface area contributed by atoms with Crippen LogP contribution in [-0.4, -0.2) is 37.6 Å². The zero-order chi connectivity index (χ0) is 26.3. The molecule has 1 fully saturated rings. The number of hydrogen-bond acceptors (Lipinski definition) is 3. The fraction of sp³-hybridized carbons (Fsp3) is 0.970. The maximum atomic E-state index is 11.4.